The number of likely N-dealkylation sites (N-methyl/N-ethyl adjacent to an activating group) is 1. The van der Waals surface area contributed by atoms with E-state index in [9.17, 15) is 4.79 Å². The summed E-state index contributed by atoms with van der Waals surface area (Å²) in [6.07, 6.45) is 8.72. The normalized spacial score (nSPS) is 18.5. The molecule has 0 aromatic carbocycles. The summed E-state index contributed by atoms with van der Waals surface area (Å²) in [7, 11) is 1.90. The molecule has 0 unspecified atom stereocenters. The zero-order valence-electron chi connectivity index (χ0n) is 14.3. The van der Waals surface area contributed by atoms with Crippen molar-refractivity contribution < 1.29 is 4.79 Å². The van der Waals surface area contributed by atoms with E-state index in [0.717, 1.165) is 42.2 Å². The van der Waals surface area contributed by atoms with E-state index in [1.54, 1.807) is 11.3 Å². The van der Waals surface area contributed by atoms with Gasteiger partial charge in [0.15, 0.2) is 0 Å². The second kappa shape index (κ2) is 7.85. The maximum atomic E-state index is 13.0. The van der Waals surface area contributed by atoms with Crippen molar-refractivity contribution in [3.63, 3.8) is 0 Å². The van der Waals surface area contributed by atoms with Gasteiger partial charge in [-0.15, -0.1) is 11.3 Å². The van der Waals surface area contributed by atoms with Crippen molar-refractivity contribution in [2.24, 2.45) is 0 Å². The number of pyridine rings is 1. The third kappa shape index (κ3) is 4.19. The summed E-state index contributed by atoms with van der Waals surface area (Å²) in [6.45, 7) is 4.43. The fourth-order valence-corrected chi connectivity index (χ4v) is 4.08. The van der Waals surface area contributed by atoms with Crippen molar-refractivity contribution in [3.05, 3.63) is 46.2 Å². The SMILES string of the molecule is Cc1ncc(CN(C)C(=O)[C@@H]2CCCCN2Cc2ccncc2)s1. The average Bonchev–Trinajstić information content (AvgIpc) is 3.00. The zero-order valence-corrected chi connectivity index (χ0v) is 15.1. The summed E-state index contributed by atoms with van der Waals surface area (Å²) < 4.78 is 0. The summed E-state index contributed by atoms with van der Waals surface area (Å²) in [5.41, 5.74) is 1.21. The molecule has 1 saturated heterocycles. The van der Waals surface area contributed by atoms with Gasteiger partial charge in [-0.3, -0.25) is 14.7 Å². The van der Waals surface area contributed by atoms with Crippen LogP contribution in [-0.2, 0) is 17.9 Å². The van der Waals surface area contributed by atoms with E-state index in [2.05, 4.69) is 14.9 Å². The van der Waals surface area contributed by atoms with E-state index in [1.165, 1.54) is 5.56 Å². The van der Waals surface area contributed by atoms with Gasteiger partial charge in [0.2, 0.25) is 5.91 Å². The number of thiazole rings is 1. The summed E-state index contributed by atoms with van der Waals surface area (Å²) >= 11 is 1.66. The van der Waals surface area contributed by atoms with Crippen LogP contribution in [0.5, 0.6) is 0 Å². The Balaban J connectivity index is 1.66. The Bertz CT molecular complexity index is 673. The van der Waals surface area contributed by atoms with E-state index < -0.39 is 0 Å². The lowest BCUT2D eigenvalue weighted by Crippen LogP contribution is -2.49. The molecular formula is C18H24N4OS. The highest BCUT2D eigenvalue weighted by Gasteiger charge is 2.30. The predicted molar refractivity (Wildman–Crippen MR) is 95.6 cm³/mol. The van der Waals surface area contributed by atoms with Gasteiger partial charge < -0.3 is 4.90 Å². The average molecular weight is 344 g/mol. The van der Waals surface area contributed by atoms with Gasteiger partial charge in [0, 0.05) is 37.1 Å². The Labute approximate surface area is 147 Å². The Morgan fingerprint density at radius 3 is 2.88 bits per heavy atom. The lowest BCUT2D eigenvalue weighted by molar-refractivity contribution is -0.137. The monoisotopic (exact) mass is 344 g/mol. The molecule has 0 radical (unpaired) electrons. The Hall–Kier alpha value is -1.79. The Morgan fingerprint density at radius 1 is 1.38 bits per heavy atom. The number of aromatic nitrogens is 2. The van der Waals surface area contributed by atoms with Crippen molar-refractivity contribution in [3.8, 4) is 0 Å². The minimum absolute atomic E-state index is 0.0223. The lowest BCUT2D eigenvalue weighted by Gasteiger charge is -2.36. The first-order valence-corrected chi connectivity index (χ1v) is 9.24. The molecule has 3 rings (SSSR count). The second-order valence-corrected chi connectivity index (χ2v) is 7.70. The maximum Gasteiger partial charge on any atom is 0.240 e. The molecule has 0 aliphatic carbocycles. The molecule has 128 valence electrons. The second-order valence-electron chi connectivity index (χ2n) is 6.38. The predicted octanol–water partition coefficient (Wildman–Crippen LogP) is 2.86. The molecule has 0 bridgehead atoms. The number of likely N-dealkylation sites (tertiary alicyclic amines) is 1. The van der Waals surface area contributed by atoms with Gasteiger partial charge in [-0.2, -0.15) is 0 Å². The topological polar surface area (TPSA) is 49.3 Å². The Kier molecular flexibility index (Phi) is 5.58. The largest absolute Gasteiger partial charge is 0.339 e. The van der Waals surface area contributed by atoms with Crippen molar-refractivity contribution in [1.82, 2.24) is 19.8 Å². The number of aryl methyl sites for hydroxylation is 1. The number of hydrogen-bond acceptors (Lipinski definition) is 5. The van der Waals surface area contributed by atoms with Crippen LogP contribution < -0.4 is 0 Å². The molecule has 0 spiro atoms. The van der Waals surface area contributed by atoms with Gasteiger partial charge in [-0.1, -0.05) is 6.42 Å². The summed E-state index contributed by atoms with van der Waals surface area (Å²) in [5, 5.41) is 1.04. The first-order valence-electron chi connectivity index (χ1n) is 8.43. The molecule has 6 heteroatoms. The van der Waals surface area contributed by atoms with E-state index in [1.807, 2.05) is 49.6 Å². The standard InChI is InChI=1S/C18H24N4OS/c1-14-20-11-16(24-14)13-21(2)18(23)17-5-3-4-10-22(17)12-15-6-8-19-9-7-15/h6-9,11,17H,3-5,10,12-13H2,1-2H3/t17-/m0/s1. The molecule has 1 fully saturated rings. The van der Waals surface area contributed by atoms with Crippen LogP contribution in [0.15, 0.2) is 30.7 Å². The minimum Gasteiger partial charge on any atom is -0.339 e. The van der Waals surface area contributed by atoms with Gasteiger partial charge in [0.25, 0.3) is 0 Å². The highest BCUT2D eigenvalue weighted by atomic mass is 32.1. The molecule has 1 atom stereocenters. The maximum absolute atomic E-state index is 13.0. The smallest absolute Gasteiger partial charge is 0.240 e. The van der Waals surface area contributed by atoms with Gasteiger partial charge in [-0.05, 0) is 44.0 Å². The highest BCUT2D eigenvalue weighted by Crippen LogP contribution is 2.22. The van der Waals surface area contributed by atoms with Crippen molar-refractivity contribution in [2.75, 3.05) is 13.6 Å². The van der Waals surface area contributed by atoms with Gasteiger partial charge >= 0.3 is 0 Å². The zero-order chi connectivity index (χ0) is 16.9. The molecule has 0 N–H and O–H groups in total. The van der Waals surface area contributed by atoms with E-state index in [0.29, 0.717) is 6.54 Å². The Morgan fingerprint density at radius 2 is 2.17 bits per heavy atom. The van der Waals surface area contributed by atoms with Crippen LogP contribution in [0, 0.1) is 6.92 Å². The third-order valence-electron chi connectivity index (χ3n) is 4.47. The molecule has 2 aromatic heterocycles. The molecule has 2 aromatic rings. The summed E-state index contributed by atoms with van der Waals surface area (Å²) in [5.74, 6) is 0.217. The van der Waals surface area contributed by atoms with Crippen LogP contribution in [0.25, 0.3) is 0 Å². The molecule has 0 saturated carbocycles. The number of piperidine rings is 1. The highest BCUT2D eigenvalue weighted by molar-refractivity contribution is 7.11. The minimum atomic E-state index is -0.0223. The summed E-state index contributed by atoms with van der Waals surface area (Å²) in [6, 6.07) is 4.03. The molecule has 1 aliphatic heterocycles. The third-order valence-corrected chi connectivity index (χ3v) is 5.37. The lowest BCUT2D eigenvalue weighted by atomic mass is 10.00. The molecule has 3 heterocycles. The van der Waals surface area contributed by atoms with Crippen LogP contribution in [0.4, 0.5) is 0 Å². The fraction of sp³-hybridized carbons (Fsp3) is 0.500. The van der Waals surface area contributed by atoms with Crippen molar-refractivity contribution >= 4 is 17.2 Å². The molecule has 5 nitrogen and oxygen atoms in total. The number of carbonyl (C=O) groups excluding carboxylic acids is 1. The van der Waals surface area contributed by atoms with Gasteiger partial charge in [0.05, 0.1) is 17.6 Å². The van der Waals surface area contributed by atoms with Gasteiger partial charge in [0.1, 0.15) is 0 Å². The number of hydrogen-bond donors (Lipinski definition) is 0. The first kappa shape index (κ1) is 17.0. The number of nitrogens with zero attached hydrogens (tertiary/aromatic N) is 4. The van der Waals surface area contributed by atoms with E-state index >= 15 is 0 Å². The number of amides is 1. The van der Waals surface area contributed by atoms with Crippen molar-refractivity contribution in [1.29, 1.82) is 0 Å². The molecular weight excluding hydrogens is 320 g/mol. The number of carbonyl (C=O) groups is 1. The quantitative estimate of drug-likeness (QED) is 0.837. The van der Waals surface area contributed by atoms with E-state index in [4.69, 9.17) is 0 Å². The molecule has 1 aliphatic rings. The van der Waals surface area contributed by atoms with Crippen LogP contribution in [-0.4, -0.2) is 45.3 Å². The molecule has 24 heavy (non-hydrogen) atoms. The van der Waals surface area contributed by atoms with E-state index in [-0.39, 0.29) is 11.9 Å². The van der Waals surface area contributed by atoms with Crippen molar-refractivity contribution in [2.45, 2.75) is 45.3 Å². The van der Waals surface area contributed by atoms with Crippen LogP contribution in [0.3, 0.4) is 0 Å². The summed E-state index contributed by atoms with van der Waals surface area (Å²) in [4.78, 5) is 26.6. The van der Waals surface area contributed by atoms with Crippen LogP contribution in [0.2, 0.25) is 0 Å². The van der Waals surface area contributed by atoms with Crippen LogP contribution >= 0.6 is 11.3 Å². The number of rotatable bonds is 5. The molecule has 1 amide bonds. The van der Waals surface area contributed by atoms with Gasteiger partial charge in [-0.25, -0.2) is 4.98 Å². The first-order chi connectivity index (χ1) is 11.6. The fourth-order valence-electron chi connectivity index (χ4n) is 3.23. The van der Waals surface area contributed by atoms with Crippen LogP contribution in [0.1, 0.15) is 34.7 Å².